The minimum absolute atomic E-state index is 0.0737. The van der Waals surface area contributed by atoms with Gasteiger partial charge in [-0.2, -0.15) is 5.10 Å². The Bertz CT molecular complexity index is 640. The van der Waals surface area contributed by atoms with Gasteiger partial charge in [0.1, 0.15) is 0 Å². The van der Waals surface area contributed by atoms with E-state index < -0.39 is 0 Å². The predicted molar refractivity (Wildman–Crippen MR) is 71.9 cm³/mol. The molecule has 0 unspecified atom stereocenters. The summed E-state index contributed by atoms with van der Waals surface area (Å²) < 4.78 is 0. The van der Waals surface area contributed by atoms with Gasteiger partial charge in [0.25, 0.3) is 5.56 Å². The SMILES string of the molecule is C/C(=N/NC(=O)Cc1cc(=O)[nH][nH]1)c1ccccc1. The fourth-order valence-electron chi connectivity index (χ4n) is 1.57. The van der Waals surface area contributed by atoms with Crippen LogP contribution in [0.1, 0.15) is 18.2 Å². The summed E-state index contributed by atoms with van der Waals surface area (Å²) in [5.74, 6) is -0.287. The molecule has 0 saturated heterocycles. The van der Waals surface area contributed by atoms with E-state index in [-0.39, 0.29) is 17.9 Å². The number of hydrogen-bond donors (Lipinski definition) is 3. The average molecular weight is 258 g/mol. The van der Waals surface area contributed by atoms with Crippen LogP contribution in [0.4, 0.5) is 0 Å². The summed E-state index contributed by atoms with van der Waals surface area (Å²) in [4.78, 5) is 22.5. The van der Waals surface area contributed by atoms with Crippen molar-refractivity contribution in [1.29, 1.82) is 0 Å². The lowest BCUT2D eigenvalue weighted by molar-refractivity contribution is -0.120. The summed E-state index contributed by atoms with van der Waals surface area (Å²) >= 11 is 0. The second kappa shape index (κ2) is 5.81. The van der Waals surface area contributed by atoms with Crippen molar-refractivity contribution in [1.82, 2.24) is 15.6 Å². The first kappa shape index (κ1) is 12.8. The van der Waals surface area contributed by atoms with Gasteiger partial charge < -0.3 is 5.10 Å². The van der Waals surface area contributed by atoms with Crippen LogP contribution in [0.5, 0.6) is 0 Å². The molecule has 0 atom stereocenters. The standard InChI is InChI=1S/C13H14N4O2/c1-9(10-5-3-2-4-6-10)14-16-12(18)7-11-8-13(19)17-15-11/h2-6,8H,7H2,1H3,(H,16,18)(H2,15,17,19)/b14-9-. The monoisotopic (exact) mass is 258 g/mol. The van der Waals surface area contributed by atoms with Gasteiger partial charge in [0.15, 0.2) is 0 Å². The lowest BCUT2D eigenvalue weighted by Crippen LogP contribution is -2.21. The zero-order valence-electron chi connectivity index (χ0n) is 10.4. The molecule has 1 aromatic carbocycles. The van der Waals surface area contributed by atoms with Crippen molar-refractivity contribution in [3.8, 4) is 0 Å². The maximum Gasteiger partial charge on any atom is 0.264 e. The Morgan fingerprint density at radius 3 is 2.63 bits per heavy atom. The number of aromatic nitrogens is 2. The molecule has 0 fully saturated rings. The zero-order valence-corrected chi connectivity index (χ0v) is 10.4. The Labute approximate surface area is 109 Å². The number of carbonyl (C=O) groups is 1. The molecule has 0 saturated carbocycles. The normalized spacial score (nSPS) is 11.3. The summed E-state index contributed by atoms with van der Waals surface area (Å²) in [7, 11) is 0. The minimum Gasteiger partial charge on any atom is -0.302 e. The Balaban J connectivity index is 1.94. The maximum atomic E-state index is 11.6. The molecule has 0 spiro atoms. The molecule has 0 aliphatic heterocycles. The first-order valence-electron chi connectivity index (χ1n) is 5.80. The minimum atomic E-state index is -0.287. The molecule has 1 aromatic heterocycles. The molecule has 6 nitrogen and oxygen atoms in total. The Morgan fingerprint density at radius 2 is 2.00 bits per heavy atom. The van der Waals surface area contributed by atoms with Crippen molar-refractivity contribution in [3.05, 3.63) is 58.0 Å². The summed E-state index contributed by atoms with van der Waals surface area (Å²) in [6.45, 7) is 1.81. The highest BCUT2D eigenvalue weighted by atomic mass is 16.2. The van der Waals surface area contributed by atoms with Gasteiger partial charge in [-0.25, -0.2) is 5.43 Å². The predicted octanol–water partition coefficient (Wildman–Crippen LogP) is 0.786. The van der Waals surface area contributed by atoms with Gasteiger partial charge in [-0.15, -0.1) is 0 Å². The number of hydrogen-bond acceptors (Lipinski definition) is 3. The van der Waals surface area contributed by atoms with Gasteiger partial charge in [0, 0.05) is 11.8 Å². The molecule has 0 radical (unpaired) electrons. The molecule has 3 N–H and O–H groups in total. The van der Waals surface area contributed by atoms with E-state index in [0.29, 0.717) is 5.69 Å². The molecule has 2 rings (SSSR count). The fourth-order valence-corrected chi connectivity index (χ4v) is 1.57. The van der Waals surface area contributed by atoms with Gasteiger partial charge in [-0.1, -0.05) is 30.3 Å². The van der Waals surface area contributed by atoms with Crippen molar-refractivity contribution in [2.24, 2.45) is 5.10 Å². The molecule has 1 heterocycles. The van der Waals surface area contributed by atoms with Gasteiger partial charge in [0.05, 0.1) is 12.1 Å². The topological polar surface area (TPSA) is 90.1 Å². The summed E-state index contributed by atoms with van der Waals surface area (Å²) in [6, 6.07) is 10.9. The van der Waals surface area contributed by atoms with Crippen LogP contribution >= 0.6 is 0 Å². The fraction of sp³-hybridized carbons (Fsp3) is 0.154. The van der Waals surface area contributed by atoms with Crippen molar-refractivity contribution in [2.45, 2.75) is 13.3 Å². The molecule has 98 valence electrons. The van der Waals surface area contributed by atoms with Crippen molar-refractivity contribution < 1.29 is 4.79 Å². The molecule has 0 bridgehead atoms. The van der Waals surface area contributed by atoms with E-state index in [1.54, 1.807) is 0 Å². The van der Waals surface area contributed by atoms with Crippen LogP contribution in [-0.4, -0.2) is 21.8 Å². The third-order valence-corrected chi connectivity index (χ3v) is 2.54. The van der Waals surface area contributed by atoms with Crippen molar-refractivity contribution in [2.75, 3.05) is 0 Å². The van der Waals surface area contributed by atoms with E-state index in [1.807, 2.05) is 37.3 Å². The second-order valence-corrected chi connectivity index (χ2v) is 4.06. The molecule has 6 heteroatoms. The number of H-pyrrole nitrogens is 2. The first-order chi connectivity index (χ1) is 9.15. The number of carbonyl (C=O) groups excluding carboxylic acids is 1. The van der Waals surface area contributed by atoms with Crippen molar-refractivity contribution in [3.63, 3.8) is 0 Å². The molecule has 2 aromatic rings. The number of amides is 1. The van der Waals surface area contributed by atoms with Crippen LogP contribution in [0, 0.1) is 0 Å². The number of aromatic amines is 2. The van der Waals surface area contributed by atoms with Gasteiger partial charge in [-0.05, 0) is 12.5 Å². The number of nitrogens with one attached hydrogen (secondary N) is 3. The summed E-state index contributed by atoms with van der Waals surface area (Å²) in [5.41, 5.74) is 4.38. The highest BCUT2D eigenvalue weighted by molar-refractivity contribution is 5.99. The number of benzene rings is 1. The lowest BCUT2D eigenvalue weighted by atomic mass is 10.1. The lowest BCUT2D eigenvalue weighted by Gasteiger charge is -2.01. The summed E-state index contributed by atoms with van der Waals surface area (Å²) in [5, 5.41) is 8.99. The van der Waals surface area contributed by atoms with E-state index >= 15 is 0 Å². The van der Waals surface area contributed by atoms with Gasteiger partial charge in [0.2, 0.25) is 5.91 Å². The largest absolute Gasteiger partial charge is 0.302 e. The molecule has 0 aliphatic carbocycles. The third-order valence-electron chi connectivity index (χ3n) is 2.54. The first-order valence-corrected chi connectivity index (χ1v) is 5.80. The van der Waals surface area contributed by atoms with Crippen molar-refractivity contribution >= 4 is 11.6 Å². The number of hydrazone groups is 1. The highest BCUT2D eigenvalue weighted by Crippen LogP contribution is 2.00. The van der Waals surface area contributed by atoms with Crippen LogP contribution in [0.2, 0.25) is 0 Å². The van der Waals surface area contributed by atoms with E-state index in [9.17, 15) is 9.59 Å². The molecule has 1 amide bonds. The molecular formula is C13H14N4O2. The van der Waals surface area contributed by atoms with E-state index in [4.69, 9.17) is 0 Å². The van der Waals surface area contributed by atoms with Gasteiger partial charge >= 0.3 is 0 Å². The zero-order chi connectivity index (χ0) is 13.7. The Kier molecular flexibility index (Phi) is 3.92. The third kappa shape index (κ3) is 3.67. The smallest absolute Gasteiger partial charge is 0.264 e. The van der Waals surface area contributed by atoms with Crippen LogP contribution in [0.15, 0.2) is 46.3 Å². The van der Waals surface area contributed by atoms with Crippen LogP contribution in [0.3, 0.4) is 0 Å². The van der Waals surface area contributed by atoms with E-state index in [0.717, 1.165) is 11.3 Å². The molecule has 19 heavy (non-hydrogen) atoms. The average Bonchev–Trinajstić information content (AvgIpc) is 2.82. The van der Waals surface area contributed by atoms with E-state index in [2.05, 4.69) is 20.7 Å². The summed E-state index contributed by atoms with van der Waals surface area (Å²) in [6.07, 6.45) is 0.0737. The van der Waals surface area contributed by atoms with Crippen LogP contribution in [-0.2, 0) is 11.2 Å². The maximum absolute atomic E-state index is 11.6. The molecular weight excluding hydrogens is 244 g/mol. The quantitative estimate of drug-likeness (QED) is 0.559. The number of nitrogens with zero attached hydrogens (tertiary/aromatic N) is 1. The highest BCUT2D eigenvalue weighted by Gasteiger charge is 2.04. The van der Waals surface area contributed by atoms with E-state index in [1.165, 1.54) is 6.07 Å². The Hall–Kier alpha value is -2.63. The van der Waals surface area contributed by atoms with Gasteiger partial charge in [-0.3, -0.25) is 14.7 Å². The van der Waals surface area contributed by atoms with Crippen LogP contribution in [0.25, 0.3) is 0 Å². The Morgan fingerprint density at radius 1 is 1.26 bits per heavy atom. The number of rotatable bonds is 4. The van der Waals surface area contributed by atoms with Crippen LogP contribution < -0.4 is 11.0 Å². The second-order valence-electron chi connectivity index (χ2n) is 4.06. The molecule has 0 aliphatic rings.